The van der Waals surface area contributed by atoms with E-state index in [1.165, 1.54) is 5.56 Å². The first-order valence-electron chi connectivity index (χ1n) is 9.75. The molecule has 3 aromatic carbocycles. The van der Waals surface area contributed by atoms with E-state index in [1.54, 1.807) is 6.08 Å². The quantitative estimate of drug-likeness (QED) is 0.185. The van der Waals surface area contributed by atoms with Crippen molar-refractivity contribution < 1.29 is 14.3 Å². The van der Waals surface area contributed by atoms with Gasteiger partial charge < -0.3 is 9.47 Å². The molecule has 31 heavy (non-hydrogen) atoms. The molecule has 4 rings (SSSR count). The zero-order valence-electron chi connectivity index (χ0n) is 16.8. The number of ether oxygens (including phenoxy) is 2. The van der Waals surface area contributed by atoms with Gasteiger partial charge in [-0.3, -0.25) is 0 Å². The van der Waals surface area contributed by atoms with Gasteiger partial charge in [0.1, 0.15) is 5.75 Å². The first-order valence-corrected chi connectivity index (χ1v) is 11.9. The molecule has 3 aromatic rings. The second-order valence-electron chi connectivity index (χ2n) is 7.10. The number of esters is 1. The predicted molar refractivity (Wildman–Crippen MR) is 139 cm³/mol. The second-order valence-corrected chi connectivity index (χ2v) is 9.42. The fourth-order valence-electron chi connectivity index (χ4n) is 3.10. The third kappa shape index (κ3) is 5.54. The lowest BCUT2D eigenvalue weighted by Crippen LogP contribution is -2.05. The molecule has 1 aliphatic heterocycles. The number of cyclic esters (lactones) is 1. The minimum Gasteiger partial charge on any atom is -0.491 e. The number of hydrogen-bond acceptors (Lipinski definition) is 4. The summed E-state index contributed by atoms with van der Waals surface area (Å²) >= 11 is 4.53. The number of aliphatic imine (C=N–C) groups is 1. The van der Waals surface area contributed by atoms with Gasteiger partial charge in [0.15, 0.2) is 5.70 Å². The fourth-order valence-corrected chi connectivity index (χ4v) is 5.23. The lowest BCUT2D eigenvalue weighted by molar-refractivity contribution is -0.129. The van der Waals surface area contributed by atoms with Crippen molar-refractivity contribution in [3.8, 4) is 5.75 Å². The molecule has 1 aliphatic rings. The molecule has 156 valence electrons. The number of carbonyl (C=O) groups excluding carboxylic acids is 1. The summed E-state index contributed by atoms with van der Waals surface area (Å²) < 4.78 is 13.4. The maximum absolute atomic E-state index is 12.3. The number of carbonyl (C=O) groups is 1. The SMILES string of the molecule is Cc1ccc(C2=N/C(=C\c3cc(I)c(OCCc4ccccc4)c(I)c3)C(=O)O2)cc1. The van der Waals surface area contributed by atoms with Crippen LogP contribution in [0.2, 0.25) is 0 Å². The zero-order valence-corrected chi connectivity index (χ0v) is 21.1. The van der Waals surface area contributed by atoms with E-state index in [-0.39, 0.29) is 0 Å². The summed E-state index contributed by atoms with van der Waals surface area (Å²) in [5.41, 5.74) is 4.34. The van der Waals surface area contributed by atoms with Crippen LogP contribution in [0.1, 0.15) is 22.3 Å². The van der Waals surface area contributed by atoms with Crippen molar-refractivity contribution in [2.45, 2.75) is 13.3 Å². The zero-order chi connectivity index (χ0) is 21.8. The van der Waals surface area contributed by atoms with Gasteiger partial charge in [-0.1, -0.05) is 48.0 Å². The van der Waals surface area contributed by atoms with E-state index in [1.807, 2.05) is 61.5 Å². The molecule has 0 radical (unpaired) electrons. The van der Waals surface area contributed by atoms with Crippen molar-refractivity contribution in [3.63, 3.8) is 0 Å². The number of halogens is 2. The Labute approximate surface area is 208 Å². The summed E-state index contributed by atoms with van der Waals surface area (Å²) in [5.74, 6) is 0.752. The average molecular weight is 635 g/mol. The monoisotopic (exact) mass is 635 g/mol. The van der Waals surface area contributed by atoms with Gasteiger partial charge >= 0.3 is 5.97 Å². The van der Waals surface area contributed by atoms with E-state index in [0.717, 1.165) is 36.0 Å². The first-order chi connectivity index (χ1) is 15.0. The van der Waals surface area contributed by atoms with Crippen LogP contribution in [0.25, 0.3) is 6.08 Å². The molecule has 0 bridgehead atoms. The Hall–Kier alpha value is -2.20. The van der Waals surface area contributed by atoms with Crippen LogP contribution in [0.15, 0.2) is 77.4 Å². The van der Waals surface area contributed by atoms with Gasteiger partial charge in [0, 0.05) is 12.0 Å². The molecule has 0 saturated heterocycles. The summed E-state index contributed by atoms with van der Waals surface area (Å²) in [5, 5.41) is 0. The summed E-state index contributed by atoms with van der Waals surface area (Å²) in [6.07, 6.45) is 2.60. The Morgan fingerprint density at radius 3 is 2.35 bits per heavy atom. The number of rotatable bonds is 6. The number of benzene rings is 3. The van der Waals surface area contributed by atoms with Crippen LogP contribution in [-0.4, -0.2) is 18.5 Å². The smallest absolute Gasteiger partial charge is 0.363 e. The van der Waals surface area contributed by atoms with Gasteiger partial charge in [-0.05, 0) is 93.6 Å². The van der Waals surface area contributed by atoms with E-state index in [4.69, 9.17) is 9.47 Å². The Balaban J connectivity index is 1.50. The molecule has 0 spiro atoms. The van der Waals surface area contributed by atoms with Gasteiger partial charge in [0.05, 0.1) is 13.7 Å². The molecule has 0 aromatic heterocycles. The van der Waals surface area contributed by atoms with Crippen molar-refractivity contribution in [2.75, 3.05) is 6.61 Å². The Bertz CT molecular complexity index is 1150. The lowest BCUT2D eigenvalue weighted by Gasteiger charge is -2.11. The topological polar surface area (TPSA) is 47.9 Å². The maximum atomic E-state index is 12.3. The van der Waals surface area contributed by atoms with E-state index in [9.17, 15) is 4.79 Å². The summed E-state index contributed by atoms with van der Waals surface area (Å²) in [4.78, 5) is 16.7. The molecule has 0 fully saturated rings. The van der Waals surface area contributed by atoms with E-state index in [0.29, 0.717) is 18.2 Å². The lowest BCUT2D eigenvalue weighted by atomic mass is 10.1. The van der Waals surface area contributed by atoms with Crippen LogP contribution in [0.3, 0.4) is 0 Å². The van der Waals surface area contributed by atoms with Crippen molar-refractivity contribution in [1.29, 1.82) is 0 Å². The number of hydrogen-bond donors (Lipinski definition) is 0. The maximum Gasteiger partial charge on any atom is 0.363 e. The second kappa shape index (κ2) is 9.95. The highest BCUT2D eigenvalue weighted by molar-refractivity contribution is 14.1. The van der Waals surface area contributed by atoms with E-state index in [2.05, 4.69) is 62.3 Å². The molecule has 0 amide bonds. The Morgan fingerprint density at radius 1 is 1.00 bits per heavy atom. The van der Waals surface area contributed by atoms with Gasteiger partial charge in [-0.2, -0.15) is 0 Å². The van der Waals surface area contributed by atoms with Crippen LogP contribution in [0.5, 0.6) is 5.75 Å². The molecule has 0 N–H and O–H groups in total. The molecule has 0 unspecified atom stereocenters. The number of aryl methyl sites for hydroxylation is 1. The van der Waals surface area contributed by atoms with Crippen LogP contribution in [0, 0.1) is 14.1 Å². The van der Waals surface area contributed by atoms with Crippen molar-refractivity contribution in [3.05, 3.63) is 102 Å². The van der Waals surface area contributed by atoms with Crippen LogP contribution in [0.4, 0.5) is 0 Å². The normalized spacial score (nSPS) is 14.5. The third-order valence-corrected chi connectivity index (χ3v) is 6.33. The molecule has 4 nitrogen and oxygen atoms in total. The van der Waals surface area contributed by atoms with Crippen molar-refractivity contribution in [1.82, 2.24) is 0 Å². The summed E-state index contributed by atoms with van der Waals surface area (Å²) in [6, 6.07) is 22.0. The largest absolute Gasteiger partial charge is 0.491 e. The average Bonchev–Trinajstić information content (AvgIpc) is 3.11. The van der Waals surface area contributed by atoms with Gasteiger partial charge in [-0.15, -0.1) is 0 Å². The molecule has 1 heterocycles. The summed E-state index contributed by atoms with van der Waals surface area (Å²) in [6.45, 7) is 2.61. The minimum atomic E-state index is -0.441. The summed E-state index contributed by atoms with van der Waals surface area (Å²) in [7, 11) is 0. The van der Waals surface area contributed by atoms with Gasteiger partial charge in [0.25, 0.3) is 0 Å². The molecule has 0 saturated carbocycles. The van der Waals surface area contributed by atoms with Crippen LogP contribution >= 0.6 is 45.2 Å². The highest BCUT2D eigenvalue weighted by atomic mass is 127. The van der Waals surface area contributed by atoms with E-state index < -0.39 is 5.97 Å². The van der Waals surface area contributed by atoms with Crippen LogP contribution in [-0.2, 0) is 16.0 Å². The number of nitrogens with zero attached hydrogens (tertiary/aromatic N) is 1. The van der Waals surface area contributed by atoms with Crippen LogP contribution < -0.4 is 4.74 Å². The Kier molecular flexibility index (Phi) is 7.06. The fraction of sp³-hybridized carbons (Fsp3) is 0.120. The van der Waals surface area contributed by atoms with Crippen molar-refractivity contribution >= 4 is 63.1 Å². The standard InChI is InChI=1S/C25H19I2NO3/c1-16-7-9-19(10-8-16)24-28-22(25(29)31-24)15-18-13-20(26)23(21(27)14-18)30-12-11-17-5-3-2-4-6-17/h2-10,13-15H,11-12H2,1H3/b22-15-. The first kappa shape index (κ1) is 22.0. The molecule has 6 heteroatoms. The minimum absolute atomic E-state index is 0.292. The third-order valence-electron chi connectivity index (χ3n) is 4.72. The highest BCUT2D eigenvalue weighted by Crippen LogP contribution is 2.30. The molecular weight excluding hydrogens is 616 g/mol. The van der Waals surface area contributed by atoms with Gasteiger partial charge in [-0.25, -0.2) is 9.79 Å². The molecule has 0 aliphatic carbocycles. The van der Waals surface area contributed by atoms with Gasteiger partial charge in [0.2, 0.25) is 5.90 Å². The van der Waals surface area contributed by atoms with Crippen molar-refractivity contribution in [2.24, 2.45) is 4.99 Å². The molecule has 0 atom stereocenters. The predicted octanol–water partition coefficient (Wildman–Crippen LogP) is 6.17. The Morgan fingerprint density at radius 2 is 1.68 bits per heavy atom. The molecular formula is C25H19I2NO3. The highest BCUT2D eigenvalue weighted by Gasteiger charge is 2.24. The van der Waals surface area contributed by atoms with E-state index >= 15 is 0 Å².